The van der Waals surface area contributed by atoms with Crippen LogP contribution in [0.5, 0.6) is 0 Å². The van der Waals surface area contributed by atoms with Crippen LogP contribution in [0.25, 0.3) is 0 Å². The maximum atomic E-state index is 11.4. The van der Waals surface area contributed by atoms with Gasteiger partial charge < -0.3 is 15.9 Å². The number of hydrogen-bond donors (Lipinski definition) is 3. The number of aliphatic hydroxyl groups is 1. The molecule has 0 unspecified atom stereocenters. The van der Waals surface area contributed by atoms with Gasteiger partial charge in [0, 0.05) is 17.8 Å². The molecule has 0 aromatic rings. The third kappa shape index (κ3) is 2.29. The summed E-state index contributed by atoms with van der Waals surface area (Å²) in [6, 6.07) is 0. The monoisotopic (exact) mass is 243 g/mol. The standard InChI is InChI=1S/C12H21NO4/c1-7(2)8-4-5-11(3,9(13)14)6-12(8,17)10(15)16/h7-8,17H,4-6H2,1-3H3,(H2,13,14)(H,15,16)/t8-,11-,12+/m0/s1. The second-order valence-corrected chi connectivity index (χ2v) is 5.72. The van der Waals surface area contributed by atoms with Crippen molar-refractivity contribution in [1.29, 1.82) is 0 Å². The van der Waals surface area contributed by atoms with Gasteiger partial charge in [0.1, 0.15) is 0 Å². The fraction of sp³-hybridized carbons (Fsp3) is 0.833. The maximum Gasteiger partial charge on any atom is 0.336 e. The van der Waals surface area contributed by atoms with Gasteiger partial charge in [-0.15, -0.1) is 0 Å². The summed E-state index contributed by atoms with van der Waals surface area (Å²) in [4.78, 5) is 22.7. The maximum absolute atomic E-state index is 11.4. The van der Waals surface area contributed by atoms with E-state index in [1.807, 2.05) is 13.8 Å². The first-order chi connectivity index (χ1) is 7.63. The van der Waals surface area contributed by atoms with Crippen LogP contribution in [-0.4, -0.2) is 27.7 Å². The molecule has 1 aliphatic carbocycles. The fourth-order valence-corrected chi connectivity index (χ4v) is 2.86. The van der Waals surface area contributed by atoms with Crippen LogP contribution in [0.3, 0.4) is 0 Å². The molecule has 0 aliphatic heterocycles. The number of aliphatic carboxylic acids is 1. The lowest BCUT2D eigenvalue weighted by Gasteiger charge is -2.45. The van der Waals surface area contributed by atoms with Crippen molar-refractivity contribution in [2.24, 2.45) is 23.0 Å². The topological polar surface area (TPSA) is 101 Å². The molecule has 5 heteroatoms. The Balaban J connectivity index is 3.08. The van der Waals surface area contributed by atoms with E-state index in [0.29, 0.717) is 12.8 Å². The van der Waals surface area contributed by atoms with Gasteiger partial charge in [-0.2, -0.15) is 0 Å². The first-order valence-electron chi connectivity index (χ1n) is 5.89. The molecule has 0 aromatic heterocycles. The Labute approximate surface area is 101 Å². The smallest absolute Gasteiger partial charge is 0.336 e. The molecule has 0 heterocycles. The fourth-order valence-electron chi connectivity index (χ4n) is 2.86. The third-order valence-corrected chi connectivity index (χ3v) is 4.05. The Bertz CT molecular complexity index is 341. The van der Waals surface area contributed by atoms with Crippen molar-refractivity contribution in [3.63, 3.8) is 0 Å². The Morgan fingerprint density at radius 2 is 1.94 bits per heavy atom. The Morgan fingerprint density at radius 1 is 1.41 bits per heavy atom. The molecular weight excluding hydrogens is 222 g/mol. The summed E-state index contributed by atoms with van der Waals surface area (Å²) >= 11 is 0. The van der Waals surface area contributed by atoms with E-state index in [1.54, 1.807) is 6.92 Å². The minimum atomic E-state index is -1.85. The molecule has 5 nitrogen and oxygen atoms in total. The normalized spacial score (nSPS) is 38.1. The van der Waals surface area contributed by atoms with Gasteiger partial charge in [0.25, 0.3) is 0 Å². The molecular formula is C12H21NO4. The molecule has 0 aromatic carbocycles. The number of amides is 1. The summed E-state index contributed by atoms with van der Waals surface area (Å²) in [6.07, 6.45) is 0.925. The van der Waals surface area contributed by atoms with Gasteiger partial charge in [-0.1, -0.05) is 20.8 Å². The molecule has 0 saturated heterocycles. The zero-order valence-electron chi connectivity index (χ0n) is 10.6. The number of carbonyl (C=O) groups excluding carboxylic acids is 1. The average molecular weight is 243 g/mol. The summed E-state index contributed by atoms with van der Waals surface area (Å²) in [6.45, 7) is 5.39. The van der Waals surface area contributed by atoms with Crippen molar-refractivity contribution >= 4 is 11.9 Å². The minimum Gasteiger partial charge on any atom is -0.479 e. The van der Waals surface area contributed by atoms with Gasteiger partial charge in [-0.25, -0.2) is 4.79 Å². The van der Waals surface area contributed by atoms with E-state index in [-0.39, 0.29) is 18.3 Å². The predicted octanol–water partition coefficient (Wildman–Crippen LogP) is 0.750. The first kappa shape index (κ1) is 14.0. The SMILES string of the molecule is CC(C)[C@@H]1CC[C@](C)(C(N)=O)C[C@]1(O)C(=O)O. The summed E-state index contributed by atoms with van der Waals surface area (Å²) in [7, 11) is 0. The first-order valence-corrected chi connectivity index (χ1v) is 5.89. The molecule has 1 aliphatic rings. The van der Waals surface area contributed by atoms with E-state index in [4.69, 9.17) is 5.73 Å². The lowest BCUT2D eigenvalue weighted by atomic mass is 9.60. The molecule has 1 amide bonds. The number of hydrogen-bond acceptors (Lipinski definition) is 3. The lowest BCUT2D eigenvalue weighted by Crippen LogP contribution is -2.57. The zero-order chi connectivity index (χ0) is 13.4. The van der Waals surface area contributed by atoms with E-state index < -0.39 is 22.9 Å². The second kappa shape index (κ2) is 4.29. The summed E-state index contributed by atoms with van der Waals surface area (Å²) in [5, 5.41) is 19.6. The number of rotatable bonds is 3. The van der Waals surface area contributed by atoms with Gasteiger partial charge in [0.15, 0.2) is 5.60 Å². The van der Waals surface area contributed by atoms with Gasteiger partial charge in [0.05, 0.1) is 0 Å². The molecule has 3 atom stereocenters. The average Bonchev–Trinajstić information content (AvgIpc) is 2.16. The molecule has 1 fully saturated rings. The van der Waals surface area contributed by atoms with Crippen LogP contribution in [-0.2, 0) is 9.59 Å². The van der Waals surface area contributed by atoms with Crippen molar-refractivity contribution < 1.29 is 19.8 Å². The largest absolute Gasteiger partial charge is 0.479 e. The zero-order valence-corrected chi connectivity index (χ0v) is 10.6. The van der Waals surface area contributed by atoms with Crippen LogP contribution >= 0.6 is 0 Å². The van der Waals surface area contributed by atoms with Crippen molar-refractivity contribution in [2.45, 2.75) is 45.6 Å². The highest BCUT2D eigenvalue weighted by atomic mass is 16.4. The van der Waals surface area contributed by atoms with Crippen LogP contribution in [0.4, 0.5) is 0 Å². The predicted molar refractivity (Wildman–Crippen MR) is 62.1 cm³/mol. The van der Waals surface area contributed by atoms with Gasteiger partial charge in [-0.3, -0.25) is 4.79 Å². The van der Waals surface area contributed by atoms with Crippen molar-refractivity contribution in [2.75, 3.05) is 0 Å². The van der Waals surface area contributed by atoms with Crippen molar-refractivity contribution in [3.8, 4) is 0 Å². The number of carbonyl (C=O) groups is 2. The highest BCUT2D eigenvalue weighted by Crippen LogP contribution is 2.47. The Kier molecular flexibility index (Phi) is 3.52. The van der Waals surface area contributed by atoms with Crippen LogP contribution in [0.15, 0.2) is 0 Å². The van der Waals surface area contributed by atoms with Crippen LogP contribution in [0.2, 0.25) is 0 Å². The minimum absolute atomic E-state index is 0.0496. The molecule has 4 N–H and O–H groups in total. The summed E-state index contributed by atoms with van der Waals surface area (Å²) in [5.41, 5.74) is 2.52. The van der Waals surface area contributed by atoms with Crippen molar-refractivity contribution in [3.05, 3.63) is 0 Å². The van der Waals surface area contributed by atoms with Gasteiger partial charge in [0.2, 0.25) is 5.91 Å². The molecule has 0 spiro atoms. The Hall–Kier alpha value is -1.10. The molecule has 17 heavy (non-hydrogen) atoms. The number of carboxylic acids is 1. The third-order valence-electron chi connectivity index (χ3n) is 4.05. The molecule has 0 radical (unpaired) electrons. The quantitative estimate of drug-likeness (QED) is 0.680. The highest BCUT2D eigenvalue weighted by molar-refractivity contribution is 5.84. The van der Waals surface area contributed by atoms with E-state index >= 15 is 0 Å². The van der Waals surface area contributed by atoms with E-state index in [1.165, 1.54) is 0 Å². The van der Waals surface area contributed by atoms with E-state index in [9.17, 15) is 19.8 Å². The van der Waals surface area contributed by atoms with E-state index in [0.717, 1.165) is 0 Å². The van der Waals surface area contributed by atoms with Crippen LogP contribution in [0.1, 0.15) is 40.0 Å². The molecule has 1 rings (SSSR count). The van der Waals surface area contributed by atoms with Crippen molar-refractivity contribution in [1.82, 2.24) is 0 Å². The highest BCUT2D eigenvalue weighted by Gasteiger charge is 2.55. The Morgan fingerprint density at radius 3 is 2.29 bits per heavy atom. The second-order valence-electron chi connectivity index (χ2n) is 5.72. The number of primary amides is 1. The molecule has 0 bridgehead atoms. The van der Waals surface area contributed by atoms with Crippen LogP contribution in [0, 0.1) is 17.3 Å². The molecule has 98 valence electrons. The van der Waals surface area contributed by atoms with Crippen LogP contribution < -0.4 is 5.73 Å². The van der Waals surface area contributed by atoms with Gasteiger partial charge in [-0.05, 0) is 18.8 Å². The summed E-state index contributed by atoms with van der Waals surface area (Å²) < 4.78 is 0. The summed E-state index contributed by atoms with van der Waals surface area (Å²) in [5.74, 6) is -2.09. The van der Waals surface area contributed by atoms with Gasteiger partial charge >= 0.3 is 5.97 Å². The van der Waals surface area contributed by atoms with E-state index in [2.05, 4.69) is 0 Å². The number of carboxylic acid groups (broad SMARTS) is 1. The lowest BCUT2D eigenvalue weighted by molar-refractivity contribution is -0.180. The molecule has 1 saturated carbocycles. The number of nitrogens with two attached hydrogens (primary N) is 1.